The number of nitrogens with zero attached hydrogens (tertiary/aromatic N) is 3. The number of fused-ring (bicyclic) bond motifs is 5. The molecule has 3 aromatic carbocycles. The number of likely N-dealkylation sites (tertiary alicyclic amines) is 1. The summed E-state index contributed by atoms with van der Waals surface area (Å²) < 4.78 is 16.7. The van der Waals surface area contributed by atoms with Crippen LogP contribution in [0.2, 0.25) is 0 Å². The number of aromatic hydroxyl groups is 2. The van der Waals surface area contributed by atoms with Gasteiger partial charge in [0, 0.05) is 54.0 Å². The van der Waals surface area contributed by atoms with Gasteiger partial charge in [0.05, 0.1) is 30.9 Å². The number of aromatic nitrogens is 2. The first-order valence-electron chi connectivity index (χ1n) is 16.8. The van der Waals surface area contributed by atoms with Gasteiger partial charge in [0.1, 0.15) is 29.5 Å². The second kappa shape index (κ2) is 12.7. The number of rotatable bonds is 9. The van der Waals surface area contributed by atoms with Crippen molar-refractivity contribution in [3.05, 3.63) is 65.0 Å². The molecule has 50 heavy (non-hydrogen) atoms. The molecular formula is C37H38ClN5O7. The summed E-state index contributed by atoms with van der Waals surface area (Å²) >= 11 is 6.49. The van der Waals surface area contributed by atoms with Gasteiger partial charge in [-0.2, -0.15) is 0 Å². The van der Waals surface area contributed by atoms with Gasteiger partial charge in [-0.25, -0.2) is 0 Å². The quantitative estimate of drug-likeness (QED) is 0.143. The maximum Gasteiger partial charge on any atom is 0.274 e. The van der Waals surface area contributed by atoms with Gasteiger partial charge in [-0.3, -0.25) is 14.5 Å². The molecule has 0 aliphatic carbocycles. The van der Waals surface area contributed by atoms with Crippen molar-refractivity contribution >= 4 is 56.6 Å². The van der Waals surface area contributed by atoms with E-state index in [4.69, 9.17) is 25.8 Å². The minimum atomic E-state index is -0.353. The van der Waals surface area contributed by atoms with Crippen molar-refractivity contribution in [3.63, 3.8) is 0 Å². The van der Waals surface area contributed by atoms with Crippen molar-refractivity contribution in [1.29, 1.82) is 0 Å². The van der Waals surface area contributed by atoms with E-state index in [-0.39, 0.29) is 58.8 Å². The zero-order valence-corrected chi connectivity index (χ0v) is 28.6. The summed E-state index contributed by atoms with van der Waals surface area (Å²) in [4.78, 5) is 40.0. The van der Waals surface area contributed by atoms with Gasteiger partial charge in [0.15, 0.2) is 11.5 Å². The number of anilines is 2. The first-order chi connectivity index (χ1) is 24.3. The van der Waals surface area contributed by atoms with E-state index in [0.29, 0.717) is 52.8 Å². The van der Waals surface area contributed by atoms with Crippen LogP contribution in [0.4, 0.5) is 11.4 Å². The number of hydrogen-bond donors (Lipinski definition) is 4. The largest absolute Gasteiger partial charge is 0.506 e. The zero-order valence-electron chi connectivity index (χ0n) is 27.8. The highest BCUT2D eigenvalue weighted by Gasteiger charge is 2.37. The van der Waals surface area contributed by atoms with Crippen molar-refractivity contribution in [1.82, 2.24) is 14.9 Å². The van der Waals surface area contributed by atoms with Crippen molar-refractivity contribution < 1.29 is 34.0 Å². The minimum Gasteiger partial charge on any atom is -0.506 e. The number of methoxy groups -OCH3 is 2. The van der Waals surface area contributed by atoms with Gasteiger partial charge in [0.2, 0.25) is 5.75 Å². The normalized spacial score (nSPS) is 17.1. The van der Waals surface area contributed by atoms with Crippen LogP contribution in [0.3, 0.4) is 0 Å². The fourth-order valence-electron chi connectivity index (χ4n) is 7.73. The Bertz CT molecular complexity index is 2150. The van der Waals surface area contributed by atoms with Gasteiger partial charge in [0.25, 0.3) is 11.8 Å². The fraction of sp³-hybridized carbons (Fsp3) is 0.351. The second-order valence-electron chi connectivity index (χ2n) is 13.1. The van der Waals surface area contributed by atoms with Crippen LogP contribution in [-0.4, -0.2) is 96.3 Å². The molecule has 5 aromatic rings. The molecule has 1 saturated heterocycles. The number of halogens is 1. The number of ether oxygens (including phenoxy) is 3. The summed E-state index contributed by atoms with van der Waals surface area (Å²) in [5.74, 6) is 0.312. The summed E-state index contributed by atoms with van der Waals surface area (Å²) in [5.41, 5.74) is 4.62. The van der Waals surface area contributed by atoms with E-state index in [9.17, 15) is 19.8 Å². The molecule has 0 bridgehead atoms. The maximum absolute atomic E-state index is 14.0. The highest BCUT2D eigenvalue weighted by atomic mass is 35.5. The molecule has 12 nitrogen and oxygen atoms in total. The number of benzene rings is 3. The summed E-state index contributed by atoms with van der Waals surface area (Å²) in [6.07, 6.45) is 3.21. The fourth-order valence-corrected chi connectivity index (χ4v) is 7.98. The number of nitrogens with one attached hydrogen (secondary N) is 2. The van der Waals surface area contributed by atoms with E-state index >= 15 is 0 Å². The van der Waals surface area contributed by atoms with Crippen LogP contribution in [-0.2, 0) is 6.42 Å². The van der Waals surface area contributed by atoms with Crippen LogP contribution in [0.15, 0.2) is 42.5 Å². The Morgan fingerprint density at radius 3 is 2.42 bits per heavy atom. The van der Waals surface area contributed by atoms with Crippen molar-refractivity contribution in [2.45, 2.75) is 25.2 Å². The molecule has 3 aliphatic rings. The van der Waals surface area contributed by atoms with Crippen molar-refractivity contribution in [2.75, 3.05) is 69.2 Å². The molecule has 2 aromatic heterocycles. The standard InChI is InChI=1S/C37H38ClN5O7/c1-48-30-15-21-14-25(39-32(21)35(49-2)34(30)45)37(47)43-19-22(18-38)31-24-16-26(40-33(24)29(44)17-28(31)43)36(46)42-10-7-20-13-23(5-6-27(20)42)50-12-11-41-8-3-4-9-41/h5-6,13-17,22,39-40,44-45H,3-4,7-12,18-19H2,1-2H3/t22-/m1/s1. The number of carbonyl (C=O) groups excluding carboxylic acids is 2. The second-order valence-corrected chi connectivity index (χ2v) is 13.4. The Labute approximate surface area is 293 Å². The third-order valence-corrected chi connectivity index (χ3v) is 10.6. The Morgan fingerprint density at radius 1 is 0.900 bits per heavy atom. The van der Waals surface area contributed by atoms with E-state index in [1.165, 1.54) is 27.1 Å². The predicted molar refractivity (Wildman–Crippen MR) is 191 cm³/mol. The highest BCUT2D eigenvalue weighted by Crippen LogP contribution is 2.47. The summed E-state index contributed by atoms with van der Waals surface area (Å²) in [7, 11) is 2.86. The third-order valence-electron chi connectivity index (χ3n) is 10.2. The molecule has 3 aliphatic heterocycles. The van der Waals surface area contributed by atoms with Crippen LogP contribution >= 0.6 is 11.6 Å². The van der Waals surface area contributed by atoms with Crippen LogP contribution in [0, 0.1) is 0 Å². The lowest BCUT2D eigenvalue weighted by atomic mass is 9.98. The van der Waals surface area contributed by atoms with E-state index in [1.54, 1.807) is 34.1 Å². The number of alkyl halides is 1. The summed E-state index contributed by atoms with van der Waals surface area (Å²) in [5, 5.41) is 23.0. The molecule has 1 fully saturated rings. The average Bonchev–Trinajstić information content (AvgIpc) is 3.96. The van der Waals surface area contributed by atoms with Gasteiger partial charge in [-0.15, -0.1) is 11.6 Å². The van der Waals surface area contributed by atoms with E-state index in [0.717, 1.165) is 42.2 Å². The SMILES string of the molecule is COc1cc2cc(C(=O)N3C[C@@H](CCl)c4c3cc(O)c3[nH]c(C(=O)N5CCc6cc(OCCN7CCCC7)ccc65)cc43)[nH]c2c(OC)c1O. The maximum atomic E-state index is 14.0. The van der Waals surface area contributed by atoms with Crippen LogP contribution in [0.1, 0.15) is 50.9 Å². The molecule has 13 heteroatoms. The number of carbonyl (C=O) groups is 2. The zero-order chi connectivity index (χ0) is 34.7. The number of H-pyrrole nitrogens is 2. The Kier molecular flexibility index (Phi) is 8.15. The van der Waals surface area contributed by atoms with Gasteiger partial charge >= 0.3 is 0 Å². The smallest absolute Gasteiger partial charge is 0.274 e. The lowest BCUT2D eigenvalue weighted by molar-refractivity contribution is 0.0977. The van der Waals surface area contributed by atoms with Gasteiger partial charge in [-0.1, -0.05) is 0 Å². The average molecular weight is 700 g/mol. The minimum absolute atomic E-state index is 0.0867. The molecule has 260 valence electrons. The molecular weight excluding hydrogens is 662 g/mol. The number of phenols is 2. The Hall–Kier alpha value is -5.07. The lowest BCUT2D eigenvalue weighted by Gasteiger charge is -2.17. The van der Waals surface area contributed by atoms with E-state index in [1.807, 2.05) is 18.2 Å². The third kappa shape index (κ3) is 5.25. The van der Waals surface area contributed by atoms with Crippen LogP contribution in [0.25, 0.3) is 21.8 Å². The molecule has 0 unspecified atom stereocenters. The van der Waals surface area contributed by atoms with E-state index in [2.05, 4.69) is 14.9 Å². The summed E-state index contributed by atoms with van der Waals surface area (Å²) in [6.45, 7) is 4.60. The molecule has 0 spiro atoms. The van der Waals surface area contributed by atoms with E-state index < -0.39 is 0 Å². The van der Waals surface area contributed by atoms with Crippen molar-refractivity contribution in [3.8, 4) is 28.7 Å². The molecule has 1 atom stereocenters. The van der Waals surface area contributed by atoms with Crippen LogP contribution in [0.5, 0.6) is 28.7 Å². The number of amides is 2. The Balaban J connectivity index is 1.07. The molecule has 0 saturated carbocycles. The molecule has 2 amide bonds. The van der Waals surface area contributed by atoms with Crippen LogP contribution < -0.4 is 24.0 Å². The first kappa shape index (κ1) is 32.2. The molecule has 0 radical (unpaired) electrons. The molecule has 4 N–H and O–H groups in total. The number of phenolic OH excluding ortho intramolecular Hbond substituents is 2. The van der Waals surface area contributed by atoms with Crippen molar-refractivity contribution in [2.24, 2.45) is 0 Å². The van der Waals surface area contributed by atoms with Gasteiger partial charge < -0.3 is 44.2 Å². The predicted octanol–water partition coefficient (Wildman–Crippen LogP) is 5.74. The lowest BCUT2D eigenvalue weighted by Crippen LogP contribution is -2.30. The topological polar surface area (TPSA) is 144 Å². The highest BCUT2D eigenvalue weighted by molar-refractivity contribution is 6.20. The molecule has 5 heterocycles. The first-order valence-corrected chi connectivity index (χ1v) is 17.4. The molecule has 8 rings (SSSR count). The number of aromatic amines is 2. The summed E-state index contributed by atoms with van der Waals surface area (Å²) in [6, 6.07) is 12.5. The monoisotopic (exact) mass is 699 g/mol. The Morgan fingerprint density at radius 2 is 1.66 bits per heavy atom. The number of hydrogen-bond acceptors (Lipinski definition) is 8. The van der Waals surface area contributed by atoms with Gasteiger partial charge in [-0.05, 0) is 79.9 Å².